The van der Waals surface area contributed by atoms with Gasteiger partial charge in [0.1, 0.15) is 5.82 Å². The normalized spacial score (nSPS) is 12.6. The van der Waals surface area contributed by atoms with Crippen LogP contribution in [0, 0.1) is 0 Å². The van der Waals surface area contributed by atoms with Gasteiger partial charge in [-0.1, -0.05) is 6.92 Å². The van der Waals surface area contributed by atoms with Crippen molar-refractivity contribution >= 4 is 0 Å². The molecular weight excluding hydrogens is 240 g/mol. The maximum Gasteiger partial charge on any atom is 0.146 e. The van der Waals surface area contributed by atoms with Crippen LogP contribution in [0.5, 0.6) is 0 Å². The van der Waals surface area contributed by atoms with Gasteiger partial charge in [0.25, 0.3) is 0 Å². The number of nitrogens with one attached hydrogen (secondary N) is 1. The average Bonchev–Trinajstić information content (AvgIpc) is 2.87. The fourth-order valence-electron chi connectivity index (χ4n) is 2.05. The van der Waals surface area contributed by atoms with E-state index < -0.39 is 0 Å². The first-order chi connectivity index (χ1) is 9.28. The maximum absolute atomic E-state index is 5.62. The van der Waals surface area contributed by atoms with Crippen LogP contribution in [0.3, 0.4) is 0 Å². The van der Waals surface area contributed by atoms with E-state index >= 15 is 0 Å². The number of nitrogens with zero attached hydrogens (tertiary/aromatic N) is 4. The number of rotatable bonds is 6. The van der Waals surface area contributed by atoms with Crippen LogP contribution < -0.4 is 11.3 Å². The largest absolute Gasteiger partial charge is 0.271 e. The fourth-order valence-corrected chi connectivity index (χ4v) is 2.05. The Morgan fingerprint density at radius 3 is 2.63 bits per heavy atom. The summed E-state index contributed by atoms with van der Waals surface area (Å²) in [7, 11) is 0. The molecule has 0 aliphatic heterocycles. The van der Waals surface area contributed by atoms with Crippen molar-refractivity contribution in [2.24, 2.45) is 5.84 Å². The molecular formula is C13H20N6. The molecule has 0 aliphatic carbocycles. The Balaban J connectivity index is 2.21. The molecule has 2 aromatic rings. The Labute approximate surface area is 113 Å². The van der Waals surface area contributed by atoms with Crippen molar-refractivity contribution in [1.29, 1.82) is 0 Å². The van der Waals surface area contributed by atoms with Crippen molar-refractivity contribution in [3.05, 3.63) is 41.7 Å². The summed E-state index contributed by atoms with van der Waals surface area (Å²) in [5.41, 5.74) is 5.03. The van der Waals surface area contributed by atoms with Gasteiger partial charge in [0.2, 0.25) is 0 Å². The first-order valence-electron chi connectivity index (χ1n) is 6.57. The zero-order valence-electron chi connectivity index (χ0n) is 11.4. The van der Waals surface area contributed by atoms with Gasteiger partial charge in [-0.25, -0.2) is 15.4 Å². The summed E-state index contributed by atoms with van der Waals surface area (Å²) in [6.07, 6.45) is 5.10. The van der Waals surface area contributed by atoms with Gasteiger partial charge in [0, 0.05) is 31.1 Å². The summed E-state index contributed by atoms with van der Waals surface area (Å²) in [6, 6.07) is 3.81. The van der Waals surface area contributed by atoms with Gasteiger partial charge in [-0.05, 0) is 25.5 Å². The van der Waals surface area contributed by atoms with E-state index in [0.29, 0.717) is 5.82 Å². The van der Waals surface area contributed by atoms with Gasteiger partial charge in [0.15, 0.2) is 0 Å². The lowest BCUT2D eigenvalue weighted by atomic mass is 10.1. The van der Waals surface area contributed by atoms with Crippen LogP contribution >= 0.6 is 0 Å². The number of hydrogen-bond donors (Lipinski definition) is 2. The van der Waals surface area contributed by atoms with Crippen LogP contribution in [0.25, 0.3) is 0 Å². The lowest BCUT2D eigenvalue weighted by Crippen LogP contribution is -2.31. The molecule has 0 fully saturated rings. The number of aryl methyl sites for hydroxylation is 2. The van der Waals surface area contributed by atoms with Crippen molar-refractivity contribution in [1.82, 2.24) is 25.2 Å². The molecule has 2 heterocycles. The van der Waals surface area contributed by atoms with Crippen LogP contribution in [0.15, 0.2) is 24.5 Å². The Morgan fingerprint density at radius 2 is 2.05 bits per heavy atom. The molecule has 102 valence electrons. The topological polar surface area (TPSA) is 81.6 Å². The molecule has 3 N–H and O–H groups in total. The van der Waals surface area contributed by atoms with E-state index in [1.165, 1.54) is 0 Å². The van der Waals surface area contributed by atoms with E-state index in [0.717, 1.165) is 30.8 Å². The third-order valence-electron chi connectivity index (χ3n) is 3.09. The molecule has 0 radical (unpaired) electrons. The smallest absolute Gasteiger partial charge is 0.146 e. The zero-order valence-corrected chi connectivity index (χ0v) is 11.4. The lowest BCUT2D eigenvalue weighted by Gasteiger charge is -2.14. The molecule has 1 unspecified atom stereocenters. The predicted molar refractivity (Wildman–Crippen MR) is 73.1 cm³/mol. The van der Waals surface area contributed by atoms with E-state index in [2.05, 4.69) is 40.4 Å². The molecule has 0 spiro atoms. The summed E-state index contributed by atoms with van der Waals surface area (Å²) < 4.78 is 2.01. The highest BCUT2D eigenvalue weighted by molar-refractivity contribution is 5.13. The summed E-state index contributed by atoms with van der Waals surface area (Å²) in [5.74, 6) is 6.32. The third-order valence-corrected chi connectivity index (χ3v) is 3.09. The Kier molecular flexibility index (Phi) is 4.59. The van der Waals surface area contributed by atoms with E-state index in [4.69, 9.17) is 5.84 Å². The van der Waals surface area contributed by atoms with Crippen LogP contribution in [-0.4, -0.2) is 19.7 Å². The molecule has 0 saturated carbocycles. The van der Waals surface area contributed by atoms with Gasteiger partial charge in [-0.15, -0.1) is 0 Å². The molecule has 6 heteroatoms. The number of hydrazine groups is 1. The minimum Gasteiger partial charge on any atom is -0.271 e. The van der Waals surface area contributed by atoms with Crippen LogP contribution in [0.4, 0.5) is 0 Å². The molecule has 1 atom stereocenters. The van der Waals surface area contributed by atoms with Crippen molar-refractivity contribution in [3.8, 4) is 0 Å². The quantitative estimate of drug-likeness (QED) is 0.598. The summed E-state index contributed by atoms with van der Waals surface area (Å²) in [4.78, 5) is 8.49. The molecule has 6 nitrogen and oxygen atoms in total. The molecule has 0 amide bonds. The van der Waals surface area contributed by atoms with Crippen molar-refractivity contribution in [2.45, 2.75) is 39.3 Å². The number of aromatic nitrogens is 4. The van der Waals surface area contributed by atoms with E-state index in [-0.39, 0.29) is 6.04 Å². The second-order valence-corrected chi connectivity index (χ2v) is 4.33. The summed E-state index contributed by atoms with van der Waals surface area (Å²) >= 11 is 0. The Hall–Kier alpha value is -1.79. The molecule has 2 rings (SSSR count). The molecule has 19 heavy (non-hydrogen) atoms. The average molecular weight is 260 g/mol. The minimum atomic E-state index is -0.104. The van der Waals surface area contributed by atoms with Crippen LogP contribution in [0.2, 0.25) is 0 Å². The minimum absolute atomic E-state index is 0.104. The van der Waals surface area contributed by atoms with Crippen LogP contribution in [-0.2, 0) is 19.4 Å². The second kappa shape index (κ2) is 6.40. The number of nitrogens with two attached hydrogens (primary N) is 1. The lowest BCUT2D eigenvalue weighted by molar-refractivity contribution is 0.495. The van der Waals surface area contributed by atoms with Gasteiger partial charge in [-0.3, -0.25) is 10.5 Å². The second-order valence-electron chi connectivity index (χ2n) is 4.33. The zero-order chi connectivity index (χ0) is 13.7. The van der Waals surface area contributed by atoms with E-state index in [9.17, 15) is 0 Å². The van der Waals surface area contributed by atoms with E-state index in [1.54, 1.807) is 18.5 Å². The van der Waals surface area contributed by atoms with Gasteiger partial charge in [0.05, 0.1) is 11.7 Å². The molecule has 0 bridgehead atoms. The predicted octanol–water partition coefficient (Wildman–Crippen LogP) is 1.00. The third kappa shape index (κ3) is 3.15. The fraction of sp³-hybridized carbons (Fsp3) is 0.462. The summed E-state index contributed by atoms with van der Waals surface area (Å²) in [6.45, 7) is 5.03. The Morgan fingerprint density at radius 1 is 1.32 bits per heavy atom. The van der Waals surface area contributed by atoms with Gasteiger partial charge < -0.3 is 0 Å². The molecule has 0 aliphatic rings. The summed E-state index contributed by atoms with van der Waals surface area (Å²) in [5, 5.41) is 4.54. The monoisotopic (exact) mass is 260 g/mol. The van der Waals surface area contributed by atoms with Crippen molar-refractivity contribution < 1.29 is 0 Å². The van der Waals surface area contributed by atoms with Crippen molar-refractivity contribution in [3.63, 3.8) is 0 Å². The van der Waals surface area contributed by atoms with Crippen LogP contribution in [0.1, 0.15) is 37.1 Å². The first-order valence-corrected chi connectivity index (χ1v) is 6.57. The molecule has 2 aromatic heterocycles. The molecule has 0 saturated heterocycles. The van der Waals surface area contributed by atoms with E-state index in [1.807, 2.05) is 4.68 Å². The highest BCUT2D eigenvalue weighted by Crippen LogP contribution is 2.15. The van der Waals surface area contributed by atoms with Gasteiger partial charge >= 0.3 is 0 Å². The highest BCUT2D eigenvalue weighted by atomic mass is 15.3. The van der Waals surface area contributed by atoms with Gasteiger partial charge in [-0.2, -0.15) is 5.10 Å². The standard InChI is InChI=1S/C13H20N6/c1-3-10-8-11(19(4-2)18-10)9-12(17-14)13-15-6-5-7-16-13/h5-8,12,17H,3-4,9,14H2,1-2H3. The maximum atomic E-state index is 5.62. The van der Waals surface area contributed by atoms with Crippen molar-refractivity contribution in [2.75, 3.05) is 0 Å². The number of hydrogen-bond acceptors (Lipinski definition) is 5. The SMILES string of the molecule is CCc1cc(CC(NN)c2ncccn2)n(CC)n1. The molecule has 0 aromatic carbocycles. The highest BCUT2D eigenvalue weighted by Gasteiger charge is 2.16. The Bertz CT molecular complexity index is 507. The first kappa shape index (κ1) is 13.6.